The van der Waals surface area contributed by atoms with Crippen LogP contribution in [0.15, 0.2) is 12.5 Å². The minimum atomic E-state index is -0.999. The smallest absolute Gasteiger partial charge is 0.158 e. The summed E-state index contributed by atoms with van der Waals surface area (Å²) in [6.07, 6.45) is 3.31. The third-order valence-electron chi connectivity index (χ3n) is 1.98. The Balaban J connectivity index is 0.00000225. The van der Waals surface area contributed by atoms with Gasteiger partial charge in [-0.3, -0.25) is 0 Å². The normalized spacial score (nSPS) is 10.6. The molecule has 0 N–H and O–H groups in total. The quantitative estimate of drug-likeness (QED) is 0.599. The summed E-state index contributed by atoms with van der Waals surface area (Å²) in [6.45, 7) is 8.24. The number of nitriles is 1. The molecule has 0 unspecified atom stereocenters. The molecule has 16 heavy (non-hydrogen) atoms. The number of hydrogen-bond donors (Lipinski definition) is 0. The van der Waals surface area contributed by atoms with E-state index in [4.69, 9.17) is 10.00 Å². The molecule has 0 saturated heterocycles. The maximum absolute atomic E-state index is 8.57. The molecule has 0 spiro atoms. The summed E-state index contributed by atoms with van der Waals surface area (Å²) in [5.74, 6) is 0. The number of ether oxygens (including phenoxy) is 1. The van der Waals surface area contributed by atoms with Gasteiger partial charge in [-0.1, -0.05) is 19.6 Å². The zero-order chi connectivity index (χ0) is 11.3. The van der Waals surface area contributed by atoms with E-state index in [0.717, 1.165) is 12.7 Å². The van der Waals surface area contributed by atoms with Crippen molar-refractivity contribution >= 4 is 59.5 Å². The Morgan fingerprint density at radius 3 is 2.69 bits per heavy atom. The van der Waals surface area contributed by atoms with Gasteiger partial charge in [0.15, 0.2) is 5.69 Å². The number of rotatable bonds is 5. The van der Waals surface area contributed by atoms with Crippen molar-refractivity contribution in [2.24, 2.45) is 0 Å². The van der Waals surface area contributed by atoms with E-state index in [0.29, 0.717) is 12.4 Å². The zero-order valence-corrected chi connectivity index (χ0v) is 14.6. The first kappa shape index (κ1) is 16.5. The van der Waals surface area contributed by atoms with Gasteiger partial charge in [-0.05, 0) is 6.04 Å². The van der Waals surface area contributed by atoms with Crippen molar-refractivity contribution in [2.45, 2.75) is 32.4 Å². The first-order chi connectivity index (χ1) is 7.01. The molecule has 0 aromatic carbocycles. The van der Waals surface area contributed by atoms with Gasteiger partial charge in [0.2, 0.25) is 0 Å². The van der Waals surface area contributed by atoms with Crippen LogP contribution in [0.5, 0.6) is 0 Å². The second-order valence-electron chi connectivity index (χ2n) is 4.73. The fraction of sp³-hybridized carbons (Fsp3) is 0.600. The second-order valence-corrected chi connectivity index (χ2v) is 10.4. The van der Waals surface area contributed by atoms with Crippen LogP contribution >= 0.6 is 0 Å². The third-order valence-corrected chi connectivity index (χ3v) is 3.69. The third kappa shape index (κ3) is 6.96. The van der Waals surface area contributed by atoms with Crippen molar-refractivity contribution in [2.75, 3.05) is 6.61 Å². The van der Waals surface area contributed by atoms with Crippen LogP contribution in [-0.2, 0) is 11.5 Å². The van der Waals surface area contributed by atoms with Crippen molar-refractivity contribution in [1.82, 2.24) is 9.55 Å². The molecule has 0 aliphatic carbocycles. The molecule has 0 amide bonds. The molecule has 4 nitrogen and oxygen atoms in total. The fourth-order valence-corrected chi connectivity index (χ4v) is 1.79. The van der Waals surface area contributed by atoms with Crippen LogP contribution in [0.2, 0.25) is 25.7 Å². The SMILES string of the molecule is C[Si](C)(C)CCOCn1cnc(C#N)c1.[K]. The molecule has 0 fully saturated rings. The van der Waals surface area contributed by atoms with Crippen LogP contribution in [0.4, 0.5) is 0 Å². The molecule has 0 aliphatic heterocycles. The van der Waals surface area contributed by atoms with Gasteiger partial charge in [-0.25, -0.2) is 4.98 Å². The molecule has 1 radical (unpaired) electrons. The summed E-state index contributed by atoms with van der Waals surface area (Å²) >= 11 is 0. The molecule has 0 bridgehead atoms. The standard InChI is InChI=1S/C10H17N3OSi.K/c1-15(2,3)5-4-14-9-13-7-10(6-11)12-8-13;/h7-8H,4-5,9H2,1-3H3;. The van der Waals surface area contributed by atoms with Crippen molar-refractivity contribution in [3.05, 3.63) is 18.2 Å². The van der Waals surface area contributed by atoms with Gasteiger partial charge in [0.05, 0.1) is 6.33 Å². The minimum absolute atomic E-state index is 0. The molecular weight excluding hydrogens is 245 g/mol. The maximum Gasteiger partial charge on any atom is 0.158 e. The minimum Gasteiger partial charge on any atom is -0.361 e. The van der Waals surface area contributed by atoms with Crippen LogP contribution < -0.4 is 0 Å². The molecule has 1 rings (SSSR count). The number of nitrogens with zero attached hydrogens (tertiary/aromatic N) is 3. The van der Waals surface area contributed by atoms with Crippen LogP contribution in [0.3, 0.4) is 0 Å². The summed E-state index contributed by atoms with van der Waals surface area (Å²) in [7, 11) is -0.999. The Morgan fingerprint density at radius 1 is 1.50 bits per heavy atom. The van der Waals surface area contributed by atoms with E-state index in [-0.39, 0.29) is 51.4 Å². The summed E-state index contributed by atoms with van der Waals surface area (Å²) in [5.41, 5.74) is 0.434. The molecule has 6 heteroatoms. The molecule has 0 aliphatic rings. The molecular formula is C10H17KN3OSi. The van der Waals surface area contributed by atoms with Crippen LogP contribution in [-0.4, -0.2) is 75.6 Å². The van der Waals surface area contributed by atoms with Crippen LogP contribution in [0.25, 0.3) is 0 Å². The zero-order valence-electron chi connectivity index (χ0n) is 10.5. The molecule has 1 aromatic heterocycles. The summed E-state index contributed by atoms with van der Waals surface area (Å²) in [5, 5.41) is 8.57. The molecule has 83 valence electrons. The first-order valence-electron chi connectivity index (χ1n) is 5.01. The van der Waals surface area contributed by atoms with E-state index in [9.17, 15) is 0 Å². The van der Waals surface area contributed by atoms with Gasteiger partial charge in [-0.2, -0.15) is 5.26 Å². The number of aromatic nitrogens is 2. The van der Waals surface area contributed by atoms with E-state index >= 15 is 0 Å². The predicted octanol–water partition coefficient (Wildman–Crippen LogP) is 1.69. The van der Waals surface area contributed by atoms with Crippen molar-refractivity contribution < 1.29 is 4.74 Å². The Bertz CT molecular complexity index is 354. The van der Waals surface area contributed by atoms with Crippen molar-refractivity contribution in [1.29, 1.82) is 5.26 Å². The van der Waals surface area contributed by atoms with Crippen LogP contribution in [0, 0.1) is 11.3 Å². The molecule has 1 aromatic rings. The Hall–Kier alpha value is 0.513. The Kier molecular flexibility index (Phi) is 8.01. The van der Waals surface area contributed by atoms with Gasteiger partial charge >= 0.3 is 0 Å². The molecule has 0 atom stereocenters. The molecule has 1 heterocycles. The second kappa shape index (κ2) is 7.77. The average molecular weight is 262 g/mol. The maximum atomic E-state index is 8.57. The molecule has 0 saturated carbocycles. The van der Waals surface area contributed by atoms with Gasteiger partial charge in [0.1, 0.15) is 12.8 Å². The largest absolute Gasteiger partial charge is 0.361 e. The summed E-state index contributed by atoms with van der Waals surface area (Å²) in [4.78, 5) is 3.89. The predicted molar refractivity (Wildman–Crippen MR) is 66.8 cm³/mol. The van der Waals surface area contributed by atoms with Gasteiger partial charge in [0.25, 0.3) is 0 Å². The topological polar surface area (TPSA) is 50.8 Å². The summed E-state index contributed by atoms with van der Waals surface area (Å²) < 4.78 is 7.28. The fourth-order valence-electron chi connectivity index (χ4n) is 1.04. The van der Waals surface area contributed by atoms with E-state index in [1.54, 1.807) is 17.1 Å². The van der Waals surface area contributed by atoms with Crippen molar-refractivity contribution in [3.8, 4) is 6.07 Å². The monoisotopic (exact) mass is 262 g/mol. The van der Waals surface area contributed by atoms with E-state index < -0.39 is 8.07 Å². The van der Waals surface area contributed by atoms with Gasteiger partial charge in [-0.15, -0.1) is 0 Å². The van der Waals surface area contributed by atoms with E-state index in [2.05, 4.69) is 24.6 Å². The number of imidazole rings is 1. The van der Waals surface area contributed by atoms with E-state index in [1.165, 1.54) is 0 Å². The van der Waals surface area contributed by atoms with Gasteiger partial charge < -0.3 is 9.30 Å². The average Bonchev–Trinajstić information content (AvgIpc) is 2.59. The number of hydrogen-bond acceptors (Lipinski definition) is 3. The van der Waals surface area contributed by atoms with Gasteiger partial charge in [0, 0.05) is 72.3 Å². The summed E-state index contributed by atoms with van der Waals surface area (Å²) in [6, 6.07) is 3.14. The first-order valence-corrected chi connectivity index (χ1v) is 8.71. The van der Waals surface area contributed by atoms with E-state index in [1.807, 2.05) is 6.07 Å². The van der Waals surface area contributed by atoms with Crippen molar-refractivity contribution in [3.63, 3.8) is 0 Å². The Labute approximate surface area is 140 Å². The van der Waals surface area contributed by atoms with Crippen LogP contribution in [0.1, 0.15) is 5.69 Å². The Morgan fingerprint density at radius 2 is 2.19 bits per heavy atom.